The first-order valence-electron chi connectivity index (χ1n) is 3.11. The summed E-state index contributed by atoms with van der Waals surface area (Å²) in [5.41, 5.74) is 0.509. The molecule has 4 nitrogen and oxygen atoms in total. The van der Waals surface area contributed by atoms with Gasteiger partial charge in [-0.3, -0.25) is 21.7 Å². The molecular formula is C8H8O4Y-2. The molecule has 0 saturated heterocycles. The maximum absolute atomic E-state index is 10.1. The Morgan fingerprint density at radius 2 is 1.15 bits per heavy atom. The summed E-state index contributed by atoms with van der Waals surface area (Å²) >= 11 is 0. The van der Waals surface area contributed by atoms with Gasteiger partial charge in [0.05, 0.1) is 0 Å². The van der Waals surface area contributed by atoms with Crippen molar-refractivity contribution in [3.05, 3.63) is 23.3 Å². The van der Waals surface area contributed by atoms with Gasteiger partial charge in [-0.2, -0.15) is 0 Å². The zero-order valence-electron chi connectivity index (χ0n) is 7.29. The molecule has 0 aromatic heterocycles. The summed E-state index contributed by atoms with van der Waals surface area (Å²) in [5.74, 6) is -2.45. The van der Waals surface area contributed by atoms with Crippen molar-refractivity contribution >= 4 is 11.9 Å². The summed E-state index contributed by atoms with van der Waals surface area (Å²) in [6.45, 7) is 2.92. The van der Waals surface area contributed by atoms with Crippen LogP contribution >= 0.6 is 0 Å². The maximum Gasteiger partial charge on any atom is 0.217 e. The molecule has 1 radical (unpaired) electrons. The van der Waals surface area contributed by atoms with Gasteiger partial charge in [0.25, 0.3) is 0 Å². The Morgan fingerprint density at radius 1 is 0.923 bits per heavy atom. The molecule has 69 valence electrons. The van der Waals surface area contributed by atoms with Crippen LogP contribution in [0, 0.1) is 12.2 Å². The average molecular weight is 257 g/mol. The van der Waals surface area contributed by atoms with Crippen molar-refractivity contribution in [3.63, 3.8) is 0 Å². The van der Waals surface area contributed by atoms with Gasteiger partial charge in [0.15, 0.2) is 0 Å². The SMILES string of the molecule is CC(=[C-]C(=O)O)C(C)=[C-]C(=O)O.[Y]. The van der Waals surface area contributed by atoms with E-state index in [4.69, 9.17) is 10.2 Å². The number of hydrogen-bond donors (Lipinski definition) is 2. The van der Waals surface area contributed by atoms with Crippen molar-refractivity contribution in [2.75, 3.05) is 0 Å². The number of aliphatic carboxylic acids is 2. The van der Waals surface area contributed by atoms with Gasteiger partial charge in [-0.05, 0) is 0 Å². The molecule has 0 aliphatic heterocycles. The van der Waals surface area contributed by atoms with Crippen LogP contribution in [0.5, 0.6) is 0 Å². The van der Waals surface area contributed by atoms with Gasteiger partial charge in [-0.25, -0.2) is 0 Å². The number of rotatable bonds is 3. The number of carboxylic acids is 2. The molecule has 13 heavy (non-hydrogen) atoms. The third-order valence-electron chi connectivity index (χ3n) is 1.15. The Hall–Kier alpha value is -0.476. The second kappa shape index (κ2) is 6.98. The van der Waals surface area contributed by atoms with Crippen molar-refractivity contribution in [1.82, 2.24) is 0 Å². The summed E-state index contributed by atoms with van der Waals surface area (Å²) < 4.78 is 0. The standard InChI is InChI=1S/C8H8O4.Y/c1-5(3-7(9)10)6(2)4-8(11)12;/h1-2H3,(H,9,10)(H,11,12);/q-2;. The summed E-state index contributed by atoms with van der Waals surface area (Å²) in [5, 5.41) is 16.5. The molecule has 0 unspecified atom stereocenters. The molecule has 0 saturated carbocycles. The zero-order valence-corrected chi connectivity index (χ0v) is 10.1. The van der Waals surface area contributed by atoms with Gasteiger partial charge in [0.2, 0.25) is 11.9 Å². The average Bonchev–Trinajstić information content (AvgIpc) is 1.84. The molecule has 0 heterocycles. The second-order valence-electron chi connectivity index (χ2n) is 2.11. The van der Waals surface area contributed by atoms with Crippen LogP contribution in [-0.4, -0.2) is 22.2 Å². The molecule has 0 aromatic rings. The van der Waals surface area contributed by atoms with Gasteiger partial charge in [0.1, 0.15) is 0 Å². The molecular weight excluding hydrogens is 249 g/mol. The maximum atomic E-state index is 10.1. The van der Waals surface area contributed by atoms with E-state index in [-0.39, 0.29) is 43.9 Å². The van der Waals surface area contributed by atoms with E-state index in [9.17, 15) is 9.59 Å². The quantitative estimate of drug-likeness (QED) is 0.442. The third kappa shape index (κ3) is 7.87. The minimum absolute atomic E-state index is 0. The predicted molar refractivity (Wildman–Crippen MR) is 40.1 cm³/mol. The van der Waals surface area contributed by atoms with E-state index in [1.807, 2.05) is 12.2 Å². The Balaban J connectivity index is 0. The minimum Gasteiger partial charge on any atom is -0.493 e. The monoisotopic (exact) mass is 257 g/mol. The molecule has 0 bridgehead atoms. The second-order valence-corrected chi connectivity index (χ2v) is 2.11. The van der Waals surface area contributed by atoms with E-state index >= 15 is 0 Å². The van der Waals surface area contributed by atoms with Gasteiger partial charge in [-0.15, -0.1) is 13.8 Å². The predicted octanol–water partition coefficient (Wildman–Crippen LogP) is 0.652. The molecule has 2 N–H and O–H groups in total. The molecule has 0 fully saturated rings. The van der Waals surface area contributed by atoms with Crippen LogP contribution in [-0.2, 0) is 42.3 Å². The van der Waals surface area contributed by atoms with E-state index < -0.39 is 11.9 Å². The van der Waals surface area contributed by atoms with Crippen molar-refractivity contribution < 1.29 is 52.5 Å². The van der Waals surface area contributed by atoms with Gasteiger partial charge in [-0.1, -0.05) is 0 Å². The van der Waals surface area contributed by atoms with Gasteiger partial charge < -0.3 is 21.4 Å². The summed E-state index contributed by atoms with van der Waals surface area (Å²) in [6.07, 6.45) is 4.04. The Kier molecular flexibility index (Phi) is 8.06. The van der Waals surface area contributed by atoms with Crippen LogP contribution < -0.4 is 0 Å². The van der Waals surface area contributed by atoms with Crippen LogP contribution in [0.4, 0.5) is 0 Å². The molecule has 5 heteroatoms. The van der Waals surface area contributed by atoms with Crippen molar-refractivity contribution in [3.8, 4) is 0 Å². The fraction of sp³-hybridized carbons (Fsp3) is 0.250. The molecule has 0 rings (SSSR count). The Morgan fingerprint density at radius 3 is 1.31 bits per heavy atom. The minimum atomic E-state index is -1.22. The molecule has 0 spiro atoms. The Bertz CT molecular complexity index is 237. The molecule has 0 aromatic carbocycles. The number of hydrogen-bond acceptors (Lipinski definition) is 2. The fourth-order valence-electron chi connectivity index (χ4n) is 0.508. The topological polar surface area (TPSA) is 74.6 Å². The Labute approximate surface area is 101 Å². The van der Waals surface area contributed by atoms with Crippen LogP contribution in [0.25, 0.3) is 0 Å². The molecule has 0 atom stereocenters. The van der Waals surface area contributed by atoms with Crippen molar-refractivity contribution in [2.24, 2.45) is 0 Å². The summed E-state index contributed by atoms with van der Waals surface area (Å²) in [4.78, 5) is 20.2. The fourth-order valence-corrected chi connectivity index (χ4v) is 0.508. The summed E-state index contributed by atoms with van der Waals surface area (Å²) in [7, 11) is 0. The first-order chi connectivity index (χ1) is 5.43. The normalized spacial score (nSPS) is 11.8. The number of carboxylic acid groups (broad SMARTS) is 2. The number of carbonyl (C=O) groups is 2. The molecule has 0 amide bonds. The van der Waals surface area contributed by atoms with Crippen LogP contribution in [0.15, 0.2) is 11.1 Å². The van der Waals surface area contributed by atoms with Crippen LogP contribution in [0.3, 0.4) is 0 Å². The van der Waals surface area contributed by atoms with Gasteiger partial charge >= 0.3 is 0 Å². The smallest absolute Gasteiger partial charge is 0.217 e. The van der Waals surface area contributed by atoms with Gasteiger partial charge in [0, 0.05) is 32.7 Å². The van der Waals surface area contributed by atoms with E-state index in [2.05, 4.69) is 0 Å². The van der Waals surface area contributed by atoms with Crippen LogP contribution in [0.1, 0.15) is 13.8 Å². The van der Waals surface area contributed by atoms with E-state index in [1.54, 1.807) is 0 Å². The first kappa shape index (κ1) is 15.0. The molecule has 0 aliphatic rings. The summed E-state index contributed by atoms with van der Waals surface area (Å²) in [6, 6.07) is 0. The van der Waals surface area contributed by atoms with Crippen molar-refractivity contribution in [1.29, 1.82) is 0 Å². The van der Waals surface area contributed by atoms with Crippen LogP contribution in [0.2, 0.25) is 0 Å². The van der Waals surface area contributed by atoms with E-state index in [0.29, 0.717) is 0 Å². The third-order valence-corrected chi connectivity index (χ3v) is 1.15. The van der Waals surface area contributed by atoms with E-state index in [1.165, 1.54) is 13.8 Å². The largest absolute Gasteiger partial charge is 0.493 e. The molecule has 0 aliphatic carbocycles. The van der Waals surface area contributed by atoms with E-state index in [0.717, 1.165) is 0 Å². The first-order valence-corrected chi connectivity index (χ1v) is 3.11. The van der Waals surface area contributed by atoms with Crippen molar-refractivity contribution in [2.45, 2.75) is 13.8 Å². The number of allylic oxidation sites excluding steroid dienone is 2. The zero-order chi connectivity index (χ0) is 9.72.